The second-order valence-corrected chi connectivity index (χ2v) is 5.28. The summed E-state index contributed by atoms with van der Waals surface area (Å²) in [6, 6.07) is 5.45. The molecule has 1 saturated heterocycles. The molecule has 1 aromatic carbocycles. The first kappa shape index (κ1) is 15.8. The lowest BCUT2D eigenvalue weighted by Crippen LogP contribution is -2.38. The molecule has 0 spiro atoms. The molecule has 6 heteroatoms. The SMILES string of the molecule is O=C(CC1CCCCN1)NCc1ccccc1C(F)(F)F. The molecule has 0 aliphatic carbocycles. The molecule has 0 saturated carbocycles. The van der Waals surface area contributed by atoms with Crippen LogP contribution in [0.25, 0.3) is 0 Å². The van der Waals surface area contributed by atoms with Crippen LogP contribution in [0, 0.1) is 0 Å². The van der Waals surface area contributed by atoms with E-state index >= 15 is 0 Å². The molecule has 1 fully saturated rings. The van der Waals surface area contributed by atoms with Crippen LogP contribution in [0.2, 0.25) is 0 Å². The van der Waals surface area contributed by atoms with Gasteiger partial charge in [-0.15, -0.1) is 0 Å². The van der Waals surface area contributed by atoms with Crippen LogP contribution in [-0.4, -0.2) is 18.5 Å². The molecule has 0 bridgehead atoms. The molecule has 0 aromatic heterocycles. The van der Waals surface area contributed by atoms with Crippen molar-refractivity contribution >= 4 is 5.91 Å². The third-order valence-electron chi connectivity index (χ3n) is 3.64. The van der Waals surface area contributed by atoms with Gasteiger partial charge < -0.3 is 10.6 Å². The largest absolute Gasteiger partial charge is 0.416 e. The van der Waals surface area contributed by atoms with Crippen LogP contribution in [0.5, 0.6) is 0 Å². The van der Waals surface area contributed by atoms with Crippen molar-refractivity contribution in [2.75, 3.05) is 6.54 Å². The fourth-order valence-electron chi connectivity index (χ4n) is 2.54. The molecule has 1 unspecified atom stereocenters. The highest BCUT2D eigenvalue weighted by Crippen LogP contribution is 2.31. The Morgan fingerprint density at radius 2 is 2.05 bits per heavy atom. The number of piperidine rings is 1. The van der Waals surface area contributed by atoms with Crippen LogP contribution >= 0.6 is 0 Å². The maximum atomic E-state index is 12.8. The molecule has 1 aliphatic rings. The zero-order valence-corrected chi connectivity index (χ0v) is 11.7. The summed E-state index contributed by atoms with van der Waals surface area (Å²) in [5, 5.41) is 5.82. The fourth-order valence-corrected chi connectivity index (χ4v) is 2.54. The maximum Gasteiger partial charge on any atom is 0.416 e. The van der Waals surface area contributed by atoms with E-state index < -0.39 is 11.7 Å². The summed E-state index contributed by atoms with van der Waals surface area (Å²) in [5.74, 6) is -0.216. The molecule has 21 heavy (non-hydrogen) atoms. The molecule has 116 valence electrons. The first-order valence-corrected chi connectivity index (χ1v) is 7.12. The number of halogens is 3. The summed E-state index contributed by atoms with van der Waals surface area (Å²) >= 11 is 0. The van der Waals surface area contributed by atoms with Gasteiger partial charge in [0.2, 0.25) is 5.91 Å². The number of alkyl halides is 3. The minimum Gasteiger partial charge on any atom is -0.352 e. The van der Waals surface area contributed by atoms with Gasteiger partial charge in [-0.3, -0.25) is 4.79 Å². The van der Waals surface area contributed by atoms with E-state index in [1.807, 2.05) is 0 Å². The molecular weight excluding hydrogens is 281 g/mol. The van der Waals surface area contributed by atoms with E-state index in [9.17, 15) is 18.0 Å². The summed E-state index contributed by atoms with van der Waals surface area (Å²) < 4.78 is 38.5. The highest BCUT2D eigenvalue weighted by atomic mass is 19.4. The van der Waals surface area contributed by atoms with Crippen LogP contribution in [0.1, 0.15) is 36.8 Å². The lowest BCUT2D eigenvalue weighted by molar-refractivity contribution is -0.138. The number of hydrogen-bond acceptors (Lipinski definition) is 2. The number of carbonyl (C=O) groups excluding carboxylic acids is 1. The van der Waals surface area contributed by atoms with Gasteiger partial charge in [0, 0.05) is 19.0 Å². The highest BCUT2D eigenvalue weighted by Gasteiger charge is 2.32. The fraction of sp³-hybridized carbons (Fsp3) is 0.533. The van der Waals surface area contributed by atoms with Crippen LogP contribution in [-0.2, 0) is 17.5 Å². The molecule has 1 heterocycles. The van der Waals surface area contributed by atoms with E-state index in [2.05, 4.69) is 10.6 Å². The van der Waals surface area contributed by atoms with Gasteiger partial charge in [0.05, 0.1) is 5.56 Å². The molecule has 1 aromatic rings. The van der Waals surface area contributed by atoms with Gasteiger partial charge in [-0.05, 0) is 31.0 Å². The predicted molar refractivity (Wildman–Crippen MR) is 73.5 cm³/mol. The lowest BCUT2D eigenvalue weighted by atomic mass is 10.0. The van der Waals surface area contributed by atoms with Crippen LogP contribution < -0.4 is 10.6 Å². The monoisotopic (exact) mass is 300 g/mol. The smallest absolute Gasteiger partial charge is 0.352 e. The average Bonchev–Trinajstić information content (AvgIpc) is 2.45. The molecule has 1 amide bonds. The minimum atomic E-state index is -4.40. The summed E-state index contributed by atoms with van der Waals surface area (Å²) in [6.45, 7) is 0.802. The standard InChI is InChI=1S/C15H19F3N2O/c16-15(17,18)13-7-2-1-5-11(13)10-20-14(21)9-12-6-3-4-8-19-12/h1-2,5,7,12,19H,3-4,6,8-10H2,(H,20,21). The highest BCUT2D eigenvalue weighted by molar-refractivity contribution is 5.76. The topological polar surface area (TPSA) is 41.1 Å². The molecule has 1 aliphatic heterocycles. The number of rotatable bonds is 4. The third kappa shape index (κ3) is 4.74. The van der Waals surface area contributed by atoms with Crippen LogP contribution in [0.3, 0.4) is 0 Å². The molecule has 2 rings (SSSR count). The molecule has 3 nitrogen and oxygen atoms in total. The van der Waals surface area contributed by atoms with Crippen LogP contribution in [0.4, 0.5) is 13.2 Å². The van der Waals surface area contributed by atoms with E-state index in [1.54, 1.807) is 6.07 Å². The third-order valence-corrected chi connectivity index (χ3v) is 3.64. The predicted octanol–water partition coefficient (Wildman–Crippen LogP) is 2.85. The number of nitrogens with one attached hydrogen (secondary N) is 2. The Labute approximate surface area is 121 Å². The molecule has 2 N–H and O–H groups in total. The second kappa shape index (κ2) is 6.93. The number of amides is 1. The number of carbonyl (C=O) groups is 1. The van der Waals surface area contributed by atoms with Gasteiger partial charge in [-0.2, -0.15) is 13.2 Å². The van der Waals surface area contributed by atoms with Gasteiger partial charge in [0.1, 0.15) is 0 Å². The van der Waals surface area contributed by atoms with E-state index in [4.69, 9.17) is 0 Å². The summed E-state index contributed by atoms with van der Waals surface area (Å²) in [5.41, 5.74) is -0.601. The summed E-state index contributed by atoms with van der Waals surface area (Å²) in [7, 11) is 0. The quantitative estimate of drug-likeness (QED) is 0.898. The van der Waals surface area contributed by atoms with Crippen molar-refractivity contribution in [1.29, 1.82) is 0 Å². The van der Waals surface area contributed by atoms with E-state index in [0.29, 0.717) is 6.42 Å². The van der Waals surface area contributed by atoms with Gasteiger partial charge in [0.25, 0.3) is 0 Å². The van der Waals surface area contributed by atoms with E-state index in [0.717, 1.165) is 31.9 Å². The number of hydrogen-bond donors (Lipinski definition) is 2. The zero-order valence-electron chi connectivity index (χ0n) is 11.7. The summed E-state index contributed by atoms with van der Waals surface area (Å²) in [4.78, 5) is 11.8. The van der Waals surface area contributed by atoms with E-state index in [1.165, 1.54) is 12.1 Å². The number of benzene rings is 1. The van der Waals surface area contributed by atoms with E-state index in [-0.39, 0.29) is 24.1 Å². The van der Waals surface area contributed by atoms with Crippen molar-refractivity contribution in [2.24, 2.45) is 0 Å². The van der Waals surface area contributed by atoms with Gasteiger partial charge in [-0.25, -0.2) is 0 Å². The second-order valence-electron chi connectivity index (χ2n) is 5.28. The minimum absolute atomic E-state index is 0.0925. The summed E-state index contributed by atoms with van der Waals surface area (Å²) in [6.07, 6.45) is -0.952. The first-order chi connectivity index (χ1) is 9.97. The molecular formula is C15H19F3N2O. The van der Waals surface area contributed by atoms with Crippen molar-refractivity contribution in [2.45, 2.75) is 44.4 Å². The maximum absolute atomic E-state index is 12.8. The normalized spacial score (nSPS) is 19.3. The van der Waals surface area contributed by atoms with Crippen molar-refractivity contribution in [3.63, 3.8) is 0 Å². The Kier molecular flexibility index (Phi) is 5.22. The van der Waals surface area contributed by atoms with Crippen molar-refractivity contribution in [3.05, 3.63) is 35.4 Å². The Balaban J connectivity index is 1.89. The molecule has 1 atom stereocenters. The Bertz CT molecular complexity index is 482. The zero-order chi connectivity index (χ0) is 15.3. The lowest BCUT2D eigenvalue weighted by Gasteiger charge is -2.23. The van der Waals surface area contributed by atoms with Gasteiger partial charge >= 0.3 is 6.18 Å². The van der Waals surface area contributed by atoms with Crippen molar-refractivity contribution in [3.8, 4) is 0 Å². The first-order valence-electron chi connectivity index (χ1n) is 7.12. The molecule has 0 radical (unpaired) electrons. The van der Waals surface area contributed by atoms with Crippen molar-refractivity contribution < 1.29 is 18.0 Å². The van der Waals surface area contributed by atoms with Crippen molar-refractivity contribution in [1.82, 2.24) is 10.6 Å². The Morgan fingerprint density at radius 3 is 2.71 bits per heavy atom. The van der Waals surface area contributed by atoms with Gasteiger partial charge in [-0.1, -0.05) is 24.6 Å². The van der Waals surface area contributed by atoms with Gasteiger partial charge in [0.15, 0.2) is 0 Å². The Morgan fingerprint density at radius 1 is 1.29 bits per heavy atom. The average molecular weight is 300 g/mol. The Hall–Kier alpha value is -1.56. The van der Waals surface area contributed by atoms with Crippen LogP contribution in [0.15, 0.2) is 24.3 Å².